The van der Waals surface area contributed by atoms with Crippen LogP contribution < -0.4 is 5.32 Å². The summed E-state index contributed by atoms with van der Waals surface area (Å²) in [5.41, 5.74) is 7.28. The van der Waals surface area contributed by atoms with E-state index in [1.807, 2.05) is 56.3 Å². The zero-order valence-electron chi connectivity index (χ0n) is 21.8. The van der Waals surface area contributed by atoms with Gasteiger partial charge in [0.15, 0.2) is 5.78 Å². The maximum Gasteiger partial charge on any atom is 0.224 e. The Morgan fingerprint density at radius 2 is 1.82 bits per heavy atom. The first-order chi connectivity index (χ1) is 18.9. The molecule has 0 saturated carbocycles. The highest BCUT2D eigenvalue weighted by atomic mass is 32.1. The zero-order valence-corrected chi connectivity index (χ0v) is 22.6. The number of fused-ring (bicyclic) bond motifs is 2. The van der Waals surface area contributed by atoms with Crippen LogP contribution in [-0.4, -0.2) is 31.9 Å². The van der Waals surface area contributed by atoms with E-state index in [-0.39, 0.29) is 17.6 Å². The molecule has 6 rings (SSSR count). The Bertz CT molecular complexity index is 1860. The van der Waals surface area contributed by atoms with Crippen molar-refractivity contribution in [1.82, 2.24) is 20.2 Å². The number of H-pyrrole nitrogens is 2. The van der Waals surface area contributed by atoms with Gasteiger partial charge in [0.1, 0.15) is 5.69 Å². The quantitative estimate of drug-likeness (QED) is 0.183. The number of rotatable bonds is 7. The molecule has 0 aliphatic rings. The van der Waals surface area contributed by atoms with E-state index < -0.39 is 0 Å². The van der Waals surface area contributed by atoms with Gasteiger partial charge in [-0.2, -0.15) is 5.10 Å². The van der Waals surface area contributed by atoms with Gasteiger partial charge in [0.05, 0.1) is 28.0 Å². The predicted octanol–water partition coefficient (Wildman–Crippen LogP) is 7.69. The highest BCUT2D eigenvalue weighted by Gasteiger charge is 2.16. The van der Waals surface area contributed by atoms with E-state index in [4.69, 9.17) is 0 Å². The molecule has 0 bridgehead atoms. The Labute approximate surface area is 229 Å². The van der Waals surface area contributed by atoms with Crippen LogP contribution in [0.3, 0.4) is 0 Å². The molecule has 0 aliphatic heterocycles. The highest BCUT2D eigenvalue weighted by molar-refractivity contribution is 7.17. The first kappa shape index (κ1) is 24.8. The Morgan fingerprint density at radius 3 is 2.62 bits per heavy atom. The van der Waals surface area contributed by atoms with Gasteiger partial charge in [0.2, 0.25) is 5.91 Å². The fraction of sp³-hybridized carbons (Fsp3) is 0.161. The Morgan fingerprint density at radius 1 is 0.949 bits per heavy atom. The molecule has 0 atom stereocenters. The average Bonchev–Trinajstić information content (AvgIpc) is 3.65. The molecule has 8 heteroatoms. The van der Waals surface area contributed by atoms with E-state index in [0.717, 1.165) is 59.6 Å². The molecule has 0 saturated heterocycles. The lowest BCUT2D eigenvalue weighted by molar-refractivity contribution is -0.116. The molecule has 39 heavy (non-hydrogen) atoms. The van der Waals surface area contributed by atoms with Crippen molar-refractivity contribution in [2.45, 2.75) is 27.2 Å². The number of nitrogens with one attached hydrogen (secondary N) is 3. The molecule has 4 aromatic heterocycles. The molecule has 3 N–H and O–H groups in total. The topological polar surface area (TPSA) is 104 Å². The summed E-state index contributed by atoms with van der Waals surface area (Å²) in [5, 5.41) is 12.8. The van der Waals surface area contributed by atoms with Gasteiger partial charge in [0.25, 0.3) is 0 Å². The summed E-state index contributed by atoms with van der Waals surface area (Å²) in [6.07, 6.45) is 3.92. The van der Waals surface area contributed by atoms with Crippen LogP contribution in [0.25, 0.3) is 54.8 Å². The molecular weight excluding hydrogens is 506 g/mol. The second kappa shape index (κ2) is 9.96. The van der Waals surface area contributed by atoms with Gasteiger partial charge in [-0.25, -0.2) is 0 Å². The number of ketones is 1. The van der Waals surface area contributed by atoms with Gasteiger partial charge >= 0.3 is 0 Å². The summed E-state index contributed by atoms with van der Waals surface area (Å²) in [5.74, 6) is 0.340. The van der Waals surface area contributed by atoms with Gasteiger partial charge in [0, 0.05) is 44.9 Å². The van der Waals surface area contributed by atoms with Crippen molar-refractivity contribution in [2.24, 2.45) is 5.92 Å². The van der Waals surface area contributed by atoms with Crippen LogP contribution in [0.1, 0.15) is 36.9 Å². The highest BCUT2D eigenvalue weighted by Crippen LogP contribution is 2.37. The minimum absolute atomic E-state index is 0.0187. The molecule has 2 aromatic carbocycles. The van der Waals surface area contributed by atoms with Crippen LogP contribution in [0.5, 0.6) is 0 Å². The van der Waals surface area contributed by atoms with Crippen LogP contribution in [-0.2, 0) is 4.79 Å². The molecule has 4 heterocycles. The molecule has 0 unspecified atom stereocenters. The van der Waals surface area contributed by atoms with Crippen molar-refractivity contribution in [3.8, 4) is 33.0 Å². The first-order valence-electron chi connectivity index (χ1n) is 12.8. The number of pyridine rings is 1. The zero-order chi connectivity index (χ0) is 27.1. The number of nitrogens with zero attached hydrogens (tertiary/aromatic N) is 2. The number of aromatic amines is 2. The number of amides is 1. The van der Waals surface area contributed by atoms with Crippen molar-refractivity contribution in [3.05, 3.63) is 77.9 Å². The lowest BCUT2D eigenvalue weighted by Crippen LogP contribution is -2.13. The fourth-order valence-electron chi connectivity index (χ4n) is 4.82. The molecule has 0 fully saturated rings. The van der Waals surface area contributed by atoms with Crippen molar-refractivity contribution in [2.75, 3.05) is 5.32 Å². The number of aromatic nitrogens is 4. The number of anilines is 1. The molecule has 0 aliphatic carbocycles. The first-order valence-corrected chi connectivity index (χ1v) is 13.6. The Balaban J connectivity index is 1.37. The Kier molecular flexibility index (Phi) is 6.32. The van der Waals surface area contributed by atoms with Crippen LogP contribution in [0, 0.1) is 5.92 Å². The molecule has 1 amide bonds. The van der Waals surface area contributed by atoms with Crippen molar-refractivity contribution < 1.29 is 9.59 Å². The molecular formula is C31H27N5O2S. The maximum atomic E-state index is 12.3. The van der Waals surface area contributed by atoms with E-state index in [1.54, 1.807) is 19.3 Å². The smallest absolute Gasteiger partial charge is 0.224 e. The third-order valence-corrected chi connectivity index (χ3v) is 7.87. The SMILES string of the molecule is CC(=O)c1ccc(-c2cccc3[nH]c(-c4n[nH]c5ccc(-c6cncc(NC(=O)CC(C)C)c6)cc45)cc23)s1. The third-order valence-electron chi connectivity index (χ3n) is 6.65. The van der Waals surface area contributed by atoms with Crippen LogP contribution in [0.15, 0.2) is 73.1 Å². The van der Waals surface area contributed by atoms with Crippen molar-refractivity contribution in [3.63, 3.8) is 0 Å². The lowest BCUT2D eigenvalue weighted by atomic mass is 10.0. The molecule has 6 aromatic rings. The minimum Gasteiger partial charge on any atom is -0.353 e. The predicted molar refractivity (Wildman–Crippen MR) is 158 cm³/mol. The molecule has 0 radical (unpaired) electrons. The van der Waals surface area contributed by atoms with E-state index >= 15 is 0 Å². The number of carbonyl (C=O) groups is 2. The molecule has 7 nitrogen and oxygen atoms in total. The van der Waals surface area contributed by atoms with E-state index in [1.165, 1.54) is 11.3 Å². The van der Waals surface area contributed by atoms with Crippen LogP contribution >= 0.6 is 11.3 Å². The summed E-state index contributed by atoms with van der Waals surface area (Å²) in [7, 11) is 0. The number of thiophene rings is 1. The van der Waals surface area contributed by atoms with Gasteiger partial charge in [-0.1, -0.05) is 32.0 Å². The van der Waals surface area contributed by atoms with Gasteiger partial charge in [-0.3, -0.25) is 19.7 Å². The van der Waals surface area contributed by atoms with E-state index in [9.17, 15) is 9.59 Å². The van der Waals surface area contributed by atoms with Crippen molar-refractivity contribution >= 4 is 50.5 Å². The van der Waals surface area contributed by atoms with Crippen LogP contribution in [0.2, 0.25) is 0 Å². The normalized spacial score (nSPS) is 11.5. The molecule has 0 spiro atoms. The number of hydrogen-bond acceptors (Lipinski definition) is 5. The number of carbonyl (C=O) groups excluding carboxylic acids is 2. The number of hydrogen-bond donors (Lipinski definition) is 3. The number of Topliss-reactive ketones (excluding diaryl/α,β-unsaturated/α-hetero) is 1. The third kappa shape index (κ3) is 4.86. The average molecular weight is 534 g/mol. The van der Waals surface area contributed by atoms with Gasteiger partial charge < -0.3 is 10.3 Å². The number of benzene rings is 2. The lowest BCUT2D eigenvalue weighted by Gasteiger charge is -2.09. The second-order valence-corrected chi connectivity index (χ2v) is 11.2. The van der Waals surface area contributed by atoms with Gasteiger partial charge in [-0.15, -0.1) is 11.3 Å². The monoisotopic (exact) mass is 533 g/mol. The summed E-state index contributed by atoms with van der Waals surface area (Å²) < 4.78 is 0. The van der Waals surface area contributed by atoms with Crippen molar-refractivity contribution in [1.29, 1.82) is 0 Å². The summed E-state index contributed by atoms with van der Waals surface area (Å²) in [6, 6.07) is 20.2. The summed E-state index contributed by atoms with van der Waals surface area (Å²) >= 11 is 1.51. The minimum atomic E-state index is -0.0187. The maximum absolute atomic E-state index is 12.3. The summed E-state index contributed by atoms with van der Waals surface area (Å²) in [4.78, 5) is 33.8. The second-order valence-electron chi connectivity index (χ2n) is 10.1. The summed E-state index contributed by atoms with van der Waals surface area (Å²) in [6.45, 7) is 5.63. The van der Waals surface area contributed by atoms with E-state index in [0.29, 0.717) is 12.1 Å². The van der Waals surface area contributed by atoms with E-state index in [2.05, 4.69) is 43.7 Å². The Hall–Kier alpha value is -4.56. The molecule has 194 valence electrons. The fourth-order valence-corrected chi connectivity index (χ4v) is 5.76. The largest absolute Gasteiger partial charge is 0.353 e. The van der Waals surface area contributed by atoms with Gasteiger partial charge in [-0.05, 0) is 60.9 Å². The standard InChI is InChI=1S/C31H27N5O2S/c1-17(2)11-30(38)33-21-12-20(15-32-16-21)19-7-8-26-24(13-19)31(36-35-26)27-14-23-22(5-4-6-25(23)34-27)29-10-9-28(39-29)18(3)37/h4-10,12-17,34H,11H2,1-3H3,(H,33,38)(H,35,36). The van der Waals surface area contributed by atoms with Crippen LogP contribution in [0.4, 0.5) is 5.69 Å².